The van der Waals surface area contributed by atoms with Crippen molar-refractivity contribution >= 4 is 11.7 Å². The largest absolute Gasteiger partial charge is 0.483 e. The first-order valence-corrected chi connectivity index (χ1v) is 5.01. The predicted octanol–water partition coefficient (Wildman–Crippen LogP) is 0.908. The van der Waals surface area contributed by atoms with E-state index in [9.17, 15) is 9.59 Å². The number of ketones is 1. The van der Waals surface area contributed by atoms with Gasteiger partial charge in [0.2, 0.25) is 0 Å². The minimum Gasteiger partial charge on any atom is -0.483 e. The molecular weight excluding hydrogens is 220 g/mol. The van der Waals surface area contributed by atoms with E-state index in [4.69, 9.17) is 10.00 Å². The Morgan fingerprint density at radius 1 is 1.41 bits per heavy atom. The molecule has 0 aliphatic carbocycles. The van der Waals surface area contributed by atoms with Gasteiger partial charge in [-0.3, -0.25) is 9.59 Å². The van der Waals surface area contributed by atoms with Crippen LogP contribution in [0.25, 0.3) is 0 Å². The Bertz CT molecular complexity index is 463. The van der Waals surface area contributed by atoms with Crippen molar-refractivity contribution in [1.82, 2.24) is 5.32 Å². The highest BCUT2D eigenvalue weighted by atomic mass is 16.5. The molecule has 0 saturated carbocycles. The highest BCUT2D eigenvalue weighted by Crippen LogP contribution is 2.17. The van der Waals surface area contributed by atoms with Crippen molar-refractivity contribution in [2.24, 2.45) is 0 Å². The first kappa shape index (κ1) is 12.7. The molecule has 0 unspecified atom stereocenters. The fourth-order valence-electron chi connectivity index (χ4n) is 1.22. The first-order chi connectivity index (χ1) is 8.15. The lowest BCUT2D eigenvalue weighted by Gasteiger charge is -2.08. The van der Waals surface area contributed by atoms with Crippen molar-refractivity contribution in [2.45, 2.75) is 6.92 Å². The molecule has 1 aromatic carbocycles. The molecule has 0 atom stereocenters. The summed E-state index contributed by atoms with van der Waals surface area (Å²) in [7, 11) is 0. The number of hydrogen-bond donors (Lipinski definition) is 1. The lowest BCUT2D eigenvalue weighted by molar-refractivity contribution is -0.122. The van der Waals surface area contributed by atoms with Crippen LogP contribution in [0.3, 0.4) is 0 Å². The van der Waals surface area contributed by atoms with Gasteiger partial charge >= 0.3 is 0 Å². The molecule has 1 rings (SSSR count). The number of nitrogens with zero attached hydrogens (tertiary/aromatic N) is 1. The van der Waals surface area contributed by atoms with Gasteiger partial charge in [-0.2, -0.15) is 5.26 Å². The summed E-state index contributed by atoms with van der Waals surface area (Å²) in [5.74, 6) is -0.157. The van der Waals surface area contributed by atoms with E-state index >= 15 is 0 Å². The molecule has 0 aliphatic heterocycles. The van der Waals surface area contributed by atoms with E-state index in [1.165, 1.54) is 6.92 Å². The van der Waals surface area contributed by atoms with Crippen LogP contribution in [0, 0.1) is 11.3 Å². The first-order valence-electron chi connectivity index (χ1n) is 5.01. The predicted molar refractivity (Wildman–Crippen MR) is 60.6 cm³/mol. The molecule has 0 heterocycles. The van der Waals surface area contributed by atoms with Gasteiger partial charge in [0.05, 0.1) is 11.6 Å². The number of benzene rings is 1. The van der Waals surface area contributed by atoms with Crippen molar-refractivity contribution in [3.63, 3.8) is 0 Å². The highest BCUT2D eigenvalue weighted by Gasteiger charge is 2.08. The van der Waals surface area contributed by atoms with Crippen LogP contribution in [0.15, 0.2) is 24.3 Å². The third-order valence-electron chi connectivity index (χ3n) is 1.99. The average Bonchev–Trinajstić information content (AvgIpc) is 2.34. The van der Waals surface area contributed by atoms with Crippen LogP contribution < -0.4 is 10.1 Å². The Labute approximate surface area is 99.0 Å². The molecule has 1 N–H and O–H groups in total. The number of para-hydroxylation sites is 1. The molecule has 0 aliphatic rings. The summed E-state index contributed by atoms with van der Waals surface area (Å²) in [4.78, 5) is 22.4. The quantitative estimate of drug-likeness (QED) is 0.604. The number of rotatable bonds is 5. The summed E-state index contributed by atoms with van der Waals surface area (Å²) >= 11 is 0. The number of carbonyl (C=O) groups is 2. The van der Waals surface area contributed by atoms with Gasteiger partial charge < -0.3 is 10.1 Å². The Morgan fingerprint density at radius 2 is 2.12 bits per heavy atom. The van der Waals surface area contributed by atoms with Gasteiger partial charge in [0.15, 0.2) is 12.4 Å². The summed E-state index contributed by atoms with van der Waals surface area (Å²) in [6.45, 7) is 1.15. The summed E-state index contributed by atoms with van der Waals surface area (Å²) in [6, 6.07) is 8.47. The zero-order valence-electron chi connectivity index (χ0n) is 9.40. The second-order valence-corrected chi connectivity index (χ2v) is 3.28. The van der Waals surface area contributed by atoms with Crippen LogP contribution >= 0.6 is 0 Å². The van der Waals surface area contributed by atoms with Gasteiger partial charge in [0.1, 0.15) is 12.3 Å². The Balaban J connectivity index is 2.61. The number of carbonyl (C=O) groups excluding carboxylic acids is 2. The number of Topliss-reactive ketones (excluding diaryl/α,β-unsaturated/α-hetero) is 1. The molecule has 0 fully saturated rings. The topological polar surface area (TPSA) is 79.2 Å². The minimum atomic E-state index is -0.398. The van der Waals surface area contributed by atoms with Crippen molar-refractivity contribution in [2.75, 3.05) is 13.2 Å². The average molecular weight is 232 g/mol. The summed E-state index contributed by atoms with van der Waals surface area (Å²) in [6.07, 6.45) is 0. The third kappa shape index (κ3) is 3.95. The zero-order valence-corrected chi connectivity index (χ0v) is 9.40. The number of hydrogen-bond acceptors (Lipinski definition) is 4. The SMILES string of the molecule is CC(=O)c1ccccc1OCC(=O)NCC#N. The lowest BCUT2D eigenvalue weighted by Crippen LogP contribution is -2.29. The Morgan fingerprint density at radius 3 is 2.76 bits per heavy atom. The fraction of sp³-hybridized carbons (Fsp3) is 0.250. The fourth-order valence-corrected chi connectivity index (χ4v) is 1.22. The molecule has 0 saturated heterocycles. The molecule has 5 heteroatoms. The zero-order chi connectivity index (χ0) is 12.7. The van der Waals surface area contributed by atoms with Gasteiger partial charge in [0, 0.05) is 0 Å². The summed E-state index contributed by atoms with van der Waals surface area (Å²) < 4.78 is 5.21. The maximum absolute atomic E-state index is 11.3. The molecule has 0 aromatic heterocycles. The third-order valence-corrected chi connectivity index (χ3v) is 1.99. The van der Waals surface area contributed by atoms with Gasteiger partial charge in [-0.05, 0) is 19.1 Å². The van der Waals surface area contributed by atoms with E-state index in [1.807, 2.05) is 0 Å². The smallest absolute Gasteiger partial charge is 0.258 e. The lowest BCUT2D eigenvalue weighted by atomic mass is 10.1. The normalized spacial score (nSPS) is 9.18. The molecule has 17 heavy (non-hydrogen) atoms. The summed E-state index contributed by atoms with van der Waals surface area (Å²) in [5, 5.41) is 10.6. The van der Waals surface area contributed by atoms with Gasteiger partial charge in [-0.25, -0.2) is 0 Å². The number of nitrogens with one attached hydrogen (secondary N) is 1. The molecule has 1 aromatic rings. The maximum atomic E-state index is 11.3. The number of ether oxygens (including phenoxy) is 1. The van der Waals surface area contributed by atoms with E-state index in [2.05, 4.69) is 5.32 Å². The van der Waals surface area contributed by atoms with E-state index in [0.29, 0.717) is 11.3 Å². The van der Waals surface area contributed by atoms with Crippen LogP contribution in [0.2, 0.25) is 0 Å². The molecule has 0 spiro atoms. The Kier molecular flexibility index (Phi) is 4.70. The molecule has 1 amide bonds. The van der Waals surface area contributed by atoms with Gasteiger partial charge in [0.25, 0.3) is 5.91 Å². The second kappa shape index (κ2) is 6.28. The summed E-state index contributed by atoms with van der Waals surface area (Å²) in [5.41, 5.74) is 0.431. The van der Waals surface area contributed by atoms with E-state index in [1.54, 1.807) is 30.3 Å². The van der Waals surface area contributed by atoms with E-state index in [-0.39, 0.29) is 18.9 Å². The van der Waals surface area contributed by atoms with Crippen LogP contribution in [-0.4, -0.2) is 24.8 Å². The number of nitriles is 1. The standard InChI is InChI=1S/C12H12N2O3/c1-9(15)10-4-2-3-5-11(10)17-8-12(16)14-7-6-13/h2-5H,7-8H2,1H3,(H,14,16). The van der Waals surface area contributed by atoms with Crippen molar-refractivity contribution < 1.29 is 14.3 Å². The Hall–Kier alpha value is -2.35. The van der Waals surface area contributed by atoms with E-state index < -0.39 is 5.91 Å². The molecule has 88 valence electrons. The number of amides is 1. The molecule has 5 nitrogen and oxygen atoms in total. The minimum absolute atomic E-state index is 0.0590. The van der Waals surface area contributed by atoms with Crippen LogP contribution in [0.5, 0.6) is 5.75 Å². The van der Waals surface area contributed by atoms with Crippen LogP contribution in [0.1, 0.15) is 17.3 Å². The molecule has 0 radical (unpaired) electrons. The second-order valence-electron chi connectivity index (χ2n) is 3.28. The van der Waals surface area contributed by atoms with Crippen LogP contribution in [-0.2, 0) is 4.79 Å². The van der Waals surface area contributed by atoms with Gasteiger partial charge in [-0.1, -0.05) is 12.1 Å². The monoisotopic (exact) mass is 232 g/mol. The van der Waals surface area contributed by atoms with Crippen molar-refractivity contribution in [3.8, 4) is 11.8 Å². The van der Waals surface area contributed by atoms with Crippen molar-refractivity contribution in [1.29, 1.82) is 5.26 Å². The van der Waals surface area contributed by atoms with Crippen molar-refractivity contribution in [3.05, 3.63) is 29.8 Å². The highest BCUT2D eigenvalue weighted by molar-refractivity contribution is 5.96. The van der Waals surface area contributed by atoms with E-state index in [0.717, 1.165) is 0 Å². The molecule has 0 bridgehead atoms. The maximum Gasteiger partial charge on any atom is 0.258 e. The molecular formula is C12H12N2O3. The van der Waals surface area contributed by atoms with Crippen LogP contribution in [0.4, 0.5) is 0 Å². The van der Waals surface area contributed by atoms with Gasteiger partial charge in [-0.15, -0.1) is 0 Å².